The fourth-order valence-electron chi connectivity index (χ4n) is 3.88. The molecule has 2 atom stereocenters. The molecule has 0 saturated carbocycles. The van der Waals surface area contributed by atoms with E-state index in [1.807, 2.05) is 30.3 Å². The standard InChI is InChI=1S/C25H28N2O7/c1-17(29)33-22(24(31)26(12-13-28)14-19-8-4-3-5-9-19)23(34-18(2)30)25(32)27-15-20-10-6-7-11-21(20)16-27/h3-11,22-23,28H,12-16H2,1-2H3/t22-,23-/m1/s1. The Kier molecular flexibility index (Phi) is 8.37. The first kappa shape index (κ1) is 24.9. The quantitative estimate of drug-likeness (QED) is 0.554. The first-order chi connectivity index (χ1) is 16.3. The molecule has 1 N–H and O–H groups in total. The summed E-state index contributed by atoms with van der Waals surface area (Å²) >= 11 is 0. The number of rotatable bonds is 9. The van der Waals surface area contributed by atoms with Crippen molar-refractivity contribution >= 4 is 23.8 Å². The van der Waals surface area contributed by atoms with Gasteiger partial charge in [0.2, 0.25) is 12.2 Å². The fraction of sp³-hybridized carbons (Fsp3) is 0.360. The van der Waals surface area contributed by atoms with E-state index in [1.54, 1.807) is 24.3 Å². The van der Waals surface area contributed by atoms with Crippen molar-refractivity contribution in [1.29, 1.82) is 0 Å². The highest BCUT2D eigenvalue weighted by atomic mass is 16.6. The summed E-state index contributed by atoms with van der Waals surface area (Å²) < 4.78 is 10.5. The minimum atomic E-state index is -1.70. The maximum atomic E-state index is 13.5. The third-order valence-corrected chi connectivity index (χ3v) is 5.40. The molecule has 1 heterocycles. The number of esters is 2. The third-order valence-electron chi connectivity index (χ3n) is 5.40. The number of fused-ring (bicyclic) bond motifs is 1. The van der Waals surface area contributed by atoms with Crippen LogP contribution in [0.1, 0.15) is 30.5 Å². The first-order valence-electron chi connectivity index (χ1n) is 10.9. The number of nitrogens with zero attached hydrogens (tertiary/aromatic N) is 2. The molecule has 3 rings (SSSR count). The molecular formula is C25H28N2O7. The van der Waals surface area contributed by atoms with Gasteiger partial charge in [-0.25, -0.2) is 0 Å². The van der Waals surface area contributed by atoms with Gasteiger partial charge in [0.25, 0.3) is 11.8 Å². The Balaban J connectivity index is 1.90. The highest BCUT2D eigenvalue weighted by molar-refractivity contribution is 5.94. The fourth-order valence-corrected chi connectivity index (χ4v) is 3.88. The molecule has 0 spiro atoms. The van der Waals surface area contributed by atoms with Crippen molar-refractivity contribution < 1.29 is 33.8 Å². The molecule has 2 aromatic carbocycles. The maximum Gasteiger partial charge on any atom is 0.303 e. The van der Waals surface area contributed by atoms with Gasteiger partial charge in [0.1, 0.15) is 0 Å². The van der Waals surface area contributed by atoms with Gasteiger partial charge in [0.05, 0.1) is 6.61 Å². The third kappa shape index (κ3) is 6.20. The zero-order chi connectivity index (χ0) is 24.7. The lowest BCUT2D eigenvalue weighted by Crippen LogP contribution is -2.54. The minimum Gasteiger partial charge on any atom is -0.448 e. The molecule has 9 heteroatoms. The van der Waals surface area contributed by atoms with E-state index in [0.717, 1.165) is 30.5 Å². The summed E-state index contributed by atoms with van der Waals surface area (Å²) in [4.78, 5) is 53.5. The van der Waals surface area contributed by atoms with Crippen molar-refractivity contribution in [3.05, 3.63) is 71.3 Å². The molecular weight excluding hydrogens is 440 g/mol. The van der Waals surface area contributed by atoms with Gasteiger partial charge in [0.15, 0.2) is 0 Å². The molecule has 2 aromatic rings. The predicted molar refractivity (Wildman–Crippen MR) is 121 cm³/mol. The van der Waals surface area contributed by atoms with Crippen molar-refractivity contribution in [2.45, 2.75) is 45.7 Å². The van der Waals surface area contributed by atoms with Crippen LogP contribution in [0.15, 0.2) is 54.6 Å². The summed E-state index contributed by atoms with van der Waals surface area (Å²) in [7, 11) is 0. The van der Waals surface area contributed by atoms with Gasteiger partial charge in [-0.05, 0) is 16.7 Å². The van der Waals surface area contributed by atoms with Crippen molar-refractivity contribution in [3.63, 3.8) is 0 Å². The Hall–Kier alpha value is -3.72. The Morgan fingerprint density at radius 3 is 1.94 bits per heavy atom. The smallest absolute Gasteiger partial charge is 0.303 e. The number of carbonyl (C=O) groups is 4. The van der Waals surface area contributed by atoms with E-state index in [1.165, 1.54) is 9.80 Å². The zero-order valence-corrected chi connectivity index (χ0v) is 19.2. The van der Waals surface area contributed by atoms with Crippen LogP contribution < -0.4 is 0 Å². The lowest BCUT2D eigenvalue weighted by atomic mass is 10.1. The zero-order valence-electron chi connectivity index (χ0n) is 19.2. The topological polar surface area (TPSA) is 113 Å². The molecule has 0 saturated heterocycles. The maximum absolute atomic E-state index is 13.5. The van der Waals surface area contributed by atoms with Gasteiger partial charge >= 0.3 is 11.9 Å². The predicted octanol–water partition coefficient (Wildman–Crippen LogP) is 1.41. The lowest BCUT2D eigenvalue weighted by Gasteiger charge is -2.32. The van der Waals surface area contributed by atoms with Crippen LogP contribution in [0.2, 0.25) is 0 Å². The van der Waals surface area contributed by atoms with Crippen LogP contribution in [0, 0.1) is 0 Å². The molecule has 0 aromatic heterocycles. The van der Waals surface area contributed by atoms with Crippen molar-refractivity contribution in [2.24, 2.45) is 0 Å². The van der Waals surface area contributed by atoms with Gasteiger partial charge in [0, 0.05) is 40.0 Å². The van der Waals surface area contributed by atoms with E-state index in [-0.39, 0.29) is 32.8 Å². The van der Waals surface area contributed by atoms with Gasteiger partial charge in [-0.1, -0.05) is 54.6 Å². The van der Waals surface area contributed by atoms with Crippen LogP contribution >= 0.6 is 0 Å². The van der Waals surface area contributed by atoms with Gasteiger partial charge in [-0.15, -0.1) is 0 Å². The number of amides is 2. The number of ether oxygens (including phenoxy) is 2. The summed E-state index contributed by atoms with van der Waals surface area (Å²) in [5, 5.41) is 9.53. The number of benzene rings is 2. The van der Waals surface area contributed by atoms with E-state index < -0.39 is 36.0 Å². The molecule has 0 fully saturated rings. The molecule has 1 aliphatic rings. The minimum absolute atomic E-state index is 0.0678. The second-order valence-corrected chi connectivity index (χ2v) is 7.99. The molecule has 2 amide bonds. The van der Waals surface area contributed by atoms with Gasteiger partial charge in [-0.3, -0.25) is 19.2 Å². The number of aliphatic hydroxyl groups excluding tert-OH is 1. The second-order valence-electron chi connectivity index (χ2n) is 7.99. The Labute approximate surface area is 197 Å². The number of hydrogen-bond acceptors (Lipinski definition) is 7. The summed E-state index contributed by atoms with van der Waals surface area (Å²) in [6.07, 6.45) is -3.37. The van der Waals surface area contributed by atoms with Gasteiger partial charge in [-0.2, -0.15) is 0 Å². The van der Waals surface area contributed by atoms with Crippen LogP contribution in [0.5, 0.6) is 0 Å². The van der Waals surface area contributed by atoms with E-state index >= 15 is 0 Å². The normalized spacial score (nSPS) is 14.0. The average Bonchev–Trinajstić information content (AvgIpc) is 3.25. The second kappa shape index (κ2) is 11.4. The summed E-state index contributed by atoms with van der Waals surface area (Å²) in [5.74, 6) is -2.99. The number of hydrogen-bond donors (Lipinski definition) is 1. The first-order valence-corrected chi connectivity index (χ1v) is 10.9. The van der Waals surface area contributed by atoms with Crippen molar-refractivity contribution in [2.75, 3.05) is 13.2 Å². The Morgan fingerprint density at radius 2 is 1.41 bits per heavy atom. The van der Waals surface area contributed by atoms with E-state index in [4.69, 9.17) is 9.47 Å². The van der Waals surface area contributed by atoms with E-state index in [9.17, 15) is 24.3 Å². The highest BCUT2D eigenvalue weighted by Gasteiger charge is 2.44. The lowest BCUT2D eigenvalue weighted by molar-refractivity contribution is -0.181. The molecule has 34 heavy (non-hydrogen) atoms. The largest absolute Gasteiger partial charge is 0.448 e. The molecule has 1 aliphatic heterocycles. The van der Waals surface area contributed by atoms with Crippen molar-refractivity contribution in [3.8, 4) is 0 Å². The summed E-state index contributed by atoms with van der Waals surface area (Å²) in [6.45, 7) is 2.46. The molecule has 0 bridgehead atoms. The monoisotopic (exact) mass is 468 g/mol. The van der Waals surface area contributed by atoms with Crippen LogP contribution in [0.3, 0.4) is 0 Å². The molecule has 0 aliphatic carbocycles. The number of aliphatic hydroxyl groups is 1. The average molecular weight is 469 g/mol. The van der Waals surface area contributed by atoms with Crippen molar-refractivity contribution in [1.82, 2.24) is 9.80 Å². The number of carbonyl (C=O) groups excluding carboxylic acids is 4. The molecule has 0 unspecified atom stereocenters. The van der Waals surface area contributed by atoms with Crippen LogP contribution in [-0.2, 0) is 48.3 Å². The Morgan fingerprint density at radius 1 is 0.882 bits per heavy atom. The molecule has 0 radical (unpaired) electrons. The van der Waals surface area contributed by atoms with Gasteiger partial charge < -0.3 is 24.4 Å². The SMILES string of the molecule is CC(=O)O[C@@H](C(=O)N(CCO)Cc1ccccc1)[C@@H](OC(C)=O)C(=O)N1Cc2ccccc2C1. The molecule has 9 nitrogen and oxygen atoms in total. The Bertz CT molecular complexity index is 1020. The highest BCUT2D eigenvalue weighted by Crippen LogP contribution is 2.25. The molecule has 180 valence electrons. The summed E-state index contributed by atoms with van der Waals surface area (Å²) in [5.41, 5.74) is 2.66. The van der Waals surface area contributed by atoms with Crippen LogP contribution in [-0.4, -0.2) is 64.0 Å². The van der Waals surface area contributed by atoms with Crippen LogP contribution in [0.4, 0.5) is 0 Å². The van der Waals surface area contributed by atoms with Crippen LogP contribution in [0.25, 0.3) is 0 Å². The summed E-state index contributed by atoms with van der Waals surface area (Å²) in [6, 6.07) is 16.5. The van der Waals surface area contributed by atoms with E-state index in [2.05, 4.69) is 0 Å². The van der Waals surface area contributed by atoms with E-state index in [0.29, 0.717) is 0 Å².